The third-order valence-corrected chi connectivity index (χ3v) is 7.70. The lowest BCUT2D eigenvalue weighted by atomic mass is 9.71. The fourth-order valence-corrected chi connectivity index (χ4v) is 5.01. The van der Waals surface area contributed by atoms with Crippen LogP contribution in [0.1, 0.15) is 125 Å². The van der Waals surface area contributed by atoms with Crippen molar-refractivity contribution < 1.29 is 0 Å². The zero-order chi connectivity index (χ0) is 24.1. The molecule has 0 aromatic carbocycles. The molecule has 1 fully saturated rings. The minimum Gasteiger partial charge on any atom is -0.103 e. The van der Waals surface area contributed by atoms with Crippen LogP contribution in [0.4, 0.5) is 0 Å². The monoisotopic (exact) mass is 448 g/mol. The number of hydrogen-bond acceptors (Lipinski definition) is 0. The summed E-state index contributed by atoms with van der Waals surface area (Å²) in [5.74, 6) is 1.01. The largest absolute Gasteiger partial charge is 0.103 e. The topological polar surface area (TPSA) is 0 Å². The number of hydrogen-bond donors (Lipinski definition) is 0. The maximum absolute atomic E-state index is 4.23. The lowest BCUT2D eigenvalue weighted by Crippen LogP contribution is -2.20. The van der Waals surface area contributed by atoms with Crippen molar-refractivity contribution in [3.63, 3.8) is 0 Å². The number of allylic oxidation sites excluding steroid dienone is 11. The van der Waals surface area contributed by atoms with Gasteiger partial charge in [-0.25, -0.2) is 0 Å². The maximum Gasteiger partial charge on any atom is -0.00804 e. The molecule has 2 aliphatic carbocycles. The van der Waals surface area contributed by atoms with Crippen molar-refractivity contribution in [2.75, 3.05) is 0 Å². The van der Waals surface area contributed by atoms with E-state index in [0.29, 0.717) is 5.41 Å². The van der Waals surface area contributed by atoms with E-state index in [1.54, 1.807) is 22.3 Å². The molecule has 0 N–H and O–H groups in total. The smallest absolute Gasteiger partial charge is 0.00804 e. The molecule has 0 heterocycles. The first-order valence-electron chi connectivity index (χ1n) is 13.7. The Hall–Kier alpha value is -1.56. The van der Waals surface area contributed by atoms with Gasteiger partial charge in [0.1, 0.15) is 0 Å². The summed E-state index contributed by atoms with van der Waals surface area (Å²) in [6, 6.07) is 0. The van der Waals surface area contributed by atoms with Crippen LogP contribution in [0.25, 0.3) is 0 Å². The summed E-state index contributed by atoms with van der Waals surface area (Å²) in [6.45, 7) is 15.5. The summed E-state index contributed by atoms with van der Waals surface area (Å²) in [5, 5.41) is 0. The average molecular weight is 449 g/mol. The summed E-state index contributed by atoms with van der Waals surface area (Å²) in [4.78, 5) is 0. The molecule has 0 saturated heterocycles. The Morgan fingerprint density at radius 3 is 2.09 bits per heavy atom. The summed E-state index contributed by atoms with van der Waals surface area (Å²) in [5.41, 5.74) is 8.12. The van der Waals surface area contributed by atoms with Gasteiger partial charge in [0.25, 0.3) is 0 Å². The molecule has 0 bridgehead atoms. The van der Waals surface area contributed by atoms with Crippen LogP contribution in [-0.2, 0) is 0 Å². The van der Waals surface area contributed by atoms with E-state index in [1.165, 1.54) is 95.5 Å². The standard InChI is InChI=1S/C33H52/c1-7-33(23-11-17-29(5)14-9-16-30(6)26-32-19-20-32)24-21-31(22-25-33)18-10-15-28(4)13-8-12-27(2)3/h7,12,15-17,21,32H,1,8-11,13-14,18-20,22-26H2,2-6H3/b28-15+,29-17+,30-16+. The molecule has 2 rings (SSSR count). The zero-order valence-electron chi connectivity index (χ0n) is 22.6. The molecule has 1 unspecified atom stereocenters. The predicted octanol–water partition coefficient (Wildman–Crippen LogP) is 11.0. The van der Waals surface area contributed by atoms with Crippen molar-refractivity contribution in [1.29, 1.82) is 0 Å². The summed E-state index contributed by atoms with van der Waals surface area (Å²) >= 11 is 0. The van der Waals surface area contributed by atoms with Gasteiger partial charge in [-0.2, -0.15) is 0 Å². The Kier molecular flexibility index (Phi) is 12.3. The molecule has 1 atom stereocenters. The molecule has 0 aromatic heterocycles. The van der Waals surface area contributed by atoms with E-state index in [-0.39, 0.29) is 0 Å². The van der Waals surface area contributed by atoms with Crippen LogP contribution in [-0.4, -0.2) is 0 Å². The molecule has 33 heavy (non-hydrogen) atoms. The van der Waals surface area contributed by atoms with Gasteiger partial charge >= 0.3 is 0 Å². The zero-order valence-corrected chi connectivity index (χ0v) is 22.6. The van der Waals surface area contributed by atoms with E-state index in [2.05, 4.69) is 77.7 Å². The molecule has 0 radical (unpaired) electrons. The molecule has 0 spiro atoms. The Morgan fingerprint density at radius 1 is 0.879 bits per heavy atom. The fourth-order valence-electron chi connectivity index (χ4n) is 5.01. The van der Waals surface area contributed by atoms with Crippen molar-refractivity contribution in [2.24, 2.45) is 11.3 Å². The molecule has 1 saturated carbocycles. The highest BCUT2D eigenvalue weighted by Crippen LogP contribution is 2.41. The SMILES string of the molecule is C=CC1(CC/C=C(\C)CC/C=C(\C)CC2CC2)CC=C(CC/C=C(\C)CCC=C(C)C)CC1. The normalized spacial score (nSPS) is 22.2. The first-order chi connectivity index (χ1) is 15.8. The Labute approximate surface area is 206 Å². The van der Waals surface area contributed by atoms with Crippen LogP contribution < -0.4 is 0 Å². The van der Waals surface area contributed by atoms with Gasteiger partial charge in [-0.3, -0.25) is 0 Å². The first-order valence-corrected chi connectivity index (χ1v) is 13.7. The van der Waals surface area contributed by atoms with Gasteiger partial charge in [-0.15, -0.1) is 6.58 Å². The molecule has 184 valence electrons. The molecular formula is C33H52. The molecule has 0 aliphatic heterocycles. The molecule has 0 heteroatoms. The molecule has 0 nitrogen and oxygen atoms in total. The first kappa shape index (κ1) is 27.7. The predicted molar refractivity (Wildman–Crippen MR) is 150 cm³/mol. The molecular weight excluding hydrogens is 396 g/mol. The van der Waals surface area contributed by atoms with E-state index in [0.717, 1.165) is 5.92 Å². The van der Waals surface area contributed by atoms with E-state index in [9.17, 15) is 0 Å². The van der Waals surface area contributed by atoms with Gasteiger partial charge in [0.15, 0.2) is 0 Å². The van der Waals surface area contributed by atoms with Gasteiger partial charge in [-0.1, -0.05) is 64.3 Å². The second kappa shape index (κ2) is 14.6. The second-order valence-electron chi connectivity index (χ2n) is 11.4. The lowest BCUT2D eigenvalue weighted by Gasteiger charge is -2.33. The van der Waals surface area contributed by atoms with Crippen molar-refractivity contribution in [2.45, 2.75) is 125 Å². The second-order valence-corrected chi connectivity index (χ2v) is 11.4. The minimum atomic E-state index is 0.317. The third-order valence-electron chi connectivity index (χ3n) is 7.70. The van der Waals surface area contributed by atoms with Crippen LogP contribution in [0.5, 0.6) is 0 Å². The van der Waals surface area contributed by atoms with Gasteiger partial charge in [0.2, 0.25) is 0 Å². The van der Waals surface area contributed by atoms with Crippen molar-refractivity contribution in [1.82, 2.24) is 0 Å². The quantitative estimate of drug-likeness (QED) is 0.218. The van der Waals surface area contributed by atoms with Crippen molar-refractivity contribution >= 4 is 0 Å². The third kappa shape index (κ3) is 11.9. The van der Waals surface area contributed by atoms with Gasteiger partial charge in [0, 0.05) is 0 Å². The van der Waals surface area contributed by atoms with E-state index in [4.69, 9.17) is 0 Å². The van der Waals surface area contributed by atoms with Crippen molar-refractivity contribution in [3.8, 4) is 0 Å². The van der Waals surface area contributed by atoms with Crippen LogP contribution in [0.3, 0.4) is 0 Å². The molecule has 0 aromatic rings. The fraction of sp³-hybridized carbons (Fsp3) is 0.636. The summed E-state index contributed by atoms with van der Waals surface area (Å²) < 4.78 is 0. The Bertz CT molecular complexity index is 758. The maximum atomic E-state index is 4.23. The van der Waals surface area contributed by atoms with Gasteiger partial charge < -0.3 is 0 Å². The highest BCUT2D eigenvalue weighted by atomic mass is 14.3. The van der Waals surface area contributed by atoms with Crippen LogP contribution in [0, 0.1) is 11.3 Å². The van der Waals surface area contributed by atoms with Crippen LogP contribution in [0.2, 0.25) is 0 Å². The minimum absolute atomic E-state index is 0.317. The van der Waals surface area contributed by atoms with E-state index in [1.807, 2.05) is 0 Å². The van der Waals surface area contributed by atoms with E-state index >= 15 is 0 Å². The van der Waals surface area contributed by atoms with Crippen molar-refractivity contribution in [3.05, 3.63) is 70.9 Å². The number of rotatable bonds is 15. The van der Waals surface area contributed by atoms with E-state index < -0.39 is 0 Å². The van der Waals surface area contributed by atoms with Gasteiger partial charge in [-0.05, 0) is 136 Å². The Morgan fingerprint density at radius 2 is 1.52 bits per heavy atom. The molecule has 0 amide bonds. The highest BCUT2D eigenvalue weighted by molar-refractivity contribution is 5.15. The van der Waals surface area contributed by atoms with Crippen LogP contribution in [0.15, 0.2) is 70.9 Å². The van der Waals surface area contributed by atoms with Gasteiger partial charge in [0.05, 0.1) is 0 Å². The average Bonchev–Trinajstić information content (AvgIpc) is 3.58. The summed E-state index contributed by atoms with van der Waals surface area (Å²) in [7, 11) is 0. The summed E-state index contributed by atoms with van der Waals surface area (Å²) in [6.07, 6.45) is 32.3. The Balaban J connectivity index is 1.69. The lowest BCUT2D eigenvalue weighted by molar-refractivity contribution is 0.313. The van der Waals surface area contributed by atoms with Crippen LogP contribution >= 0.6 is 0 Å². The molecule has 2 aliphatic rings. The highest BCUT2D eigenvalue weighted by Gasteiger charge is 2.27.